The highest BCUT2D eigenvalue weighted by molar-refractivity contribution is 7.91. The summed E-state index contributed by atoms with van der Waals surface area (Å²) in [6.45, 7) is 3.52. The van der Waals surface area contributed by atoms with Crippen molar-refractivity contribution in [3.05, 3.63) is 0 Å². The standard InChI is InChI=1S/C9H19NO2S/c1-2-6-13(11,12)7-5-10-8-9-3-4-9/h9-10H,2-8H2,1H3. The second-order valence-electron chi connectivity index (χ2n) is 3.80. The Morgan fingerprint density at radius 1 is 1.31 bits per heavy atom. The molecule has 0 aromatic rings. The molecule has 0 heterocycles. The van der Waals surface area contributed by atoms with Gasteiger partial charge in [0.25, 0.3) is 0 Å². The SMILES string of the molecule is CCCS(=O)(=O)CCNCC1CC1. The van der Waals surface area contributed by atoms with Gasteiger partial charge in [0.2, 0.25) is 0 Å². The topological polar surface area (TPSA) is 46.2 Å². The molecule has 0 spiro atoms. The molecule has 0 bridgehead atoms. The van der Waals surface area contributed by atoms with E-state index in [1.54, 1.807) is 0 Å². The van der Waals surface area contributed by atoms with Crippen LogP contribution >= 0.6 is 0 Å². The molecule has 4 heteroatoms. The molecule has 1 rings (SSSR count). The van der Waals surface area contributed by atoms with Crippen LogP contribution in [0.15, 0.2) is 0 Å². The number of rotatable bonds is 7. The van der Waals surface area contributed by atoms with Crippen molar-refractivity contribution < 1.29 is 8.42 Å². The Kier molecular flexibility index (Phi) is 4.19. The number of hydrogen-bond acceptors (Lipinski definition) is 3. The van der Waals surface area contributed by atoms with Crippen LogP contribution in [-0.2, 0) is 9.84 Å². The van der Waals surface area contributed by atoms with E-state index in [0.717, 1.165) is 18.9 Å². The van der Waals surface area contributed by atoms with Gasteiger partial charge >= 0.3 is 0 Å². The highest BCUT2D eigenvalue weighted by Crippen LogP contribution is 2.27. The molecule has 0 unspecified atom stereocenters. The van der Waals surface area contributed by atoms with Crippen molar-refractivity contribution in [2.45, 2.75) is 26.2 Å². The van der Waals surface area contributed by atoms with E-state index in [9.17, 15) is 8.42 Å². The maximum absolute atomic E-state index is 11.3. The third-order valence-electron chi connectivity index (χ3n) is 2.23. The fourth-order valence-corrected chi connectivity index (χ4v) is 2.55. The number of hydrogen-bond donors (Lipinski definition) is 1. The van der Waals surface area contributed by atoms with Crippen LogP contribution in [0.1, 0.15) is 26.2 Å². The minimum Gasteiger partial charge on any atom is -0.315 e. The zero-order chi connectivity index (χ0) is 9.73. The molecule has 13 heavy (non-hydrogen) atoms. The predicted octanol–water partition coefficient (Wildman–Crippen LogP) is 0.811. The van der Waals surface area contributed by atoms with Gasteiger partial charge in [0, 0.05) is 12.3 Å². The van der Waals surface area contributed by atoms with E-state index < -0.39 is 9.84 Å². The monoisotopic (exact) mass is 205 g/mol. The maximum atomic E-state index is 11.3. The van der Waals surface area contributed by atoms with E-state index in [4.69, 9.17) is 0 Å². The van der Waals surface area contributed by atoms with Crippen LogP contribution < -0.4 is 5.32 Å². The third-order valence-corrected chi connectivity index (χ3v) is 4.09. The molecule has 1 aliphatic carbocycles. The van der Waals surface area contributed by atoms with Crippen molar-refractivity contribution in [1.29, 1.82) is 0 Å². The molecule has 1 fully saturated rings. The molecule has 1 aliphatic rings. The van der Waals surface area contributed by atoms with Gasteiger partial charge in [-0.2, -0.15) is 0 Å². The predicted molar refractivity (Wildman–Crippen MR) is 54.5 cm³/mol. The van der Waals surface area contributed by atoms with E-state index in [0.29, 0.717) is 18.1 Å². The first kappa shape index (κ1) is 11.0. The van der Waals surface area contributed by atoms with Gasteiger partial charge in [-0.3, -0.25) is 0 Å². The maximum Gasteiger partial charge on any atom is 0.151 e. The first-order valence-corrected chi connectivity index (χ1v) is 6.87. The van der Waals surface area contributed by atoms with Gasteiger partial charge in [0.1, 0.15) is 0 Å². The van der Waals surface area contributed by atoms with E-state index >= 15 is 0 Å². The smallest absolute Gasteiger partial charge is 0.151 e. The fourth-order valence-electron chi connectivity index (χ4n) is 1.27. The van der Waals surface area contributed by atoms with E-state index in [-0.39, 0.29) is 0 Å². The van der Waals surface area contributed by atoms with E-state index in [2.05, 4.69) is 5.32 Å². The van der Waals surface area contributed by atoms with Crippen LogP contribution in [0.25, 0.3) is 0 Å². The van der Waals surface area contributed by atoms with Crippen molar-refractivity contribution in [1.82, 2.24) is 5.32 Å². The van der Waals surface area contributed by atoms with Gasteiger partial charge in [-0.1, -0.05) is 6.92 Å². The summed E-state index contributed by atoms with van der Waals surface area (Å²) in [5.74, 6) is 1.46. The van der Waals surface area contributed by atoms with Crippen LogP contribution in [0.2, 0.25) is 0 Å². The van der Waals surface area contributed by atoms with E-state index in [1.165, 1.54) is 12.8 Å². The second kappa shape index (κ2) is 4.96. The fraction of sp³-hybridized carbons (Fsp3) is 1.00. The van der Waals surface area contributed by atoms with E-state index in [1.807, 2.05) is 6.92 Å². The van der Waals surface area contributed by atoms with Gasteiger partial charge < -0.3 is 5.32 Å². The number of sulfone groups is 1. The molecule has 0 aromatic heterocycles. The summed E-state index contributed by atoms with van der Waals surface area (Å²) in [5.41, 5.74) is 0. The van der Waals surface area contributed by atoms with Crippen molar-refractivity contribution in [3.8, 4) is 0 Å². The molecule has 0 aliphatic heterocycles. The van der Waals surface area contributed by atoms with Crippen LogP contribution in [-0.4, -0.2) is 33.0 Å². The summed E-state index contributed by atoms with van der Waals surface area (Å²) >= 11 is 0. The molecule has 3 nitrogen and oxygen atoms in total. The van der Waals surface area contributed by atoms with Crippen LogP contribution in [0.5, 0.6) is 0 Å². The molecular weight excluding hydrogens is 186 g/mol. The second-order valence-corrected chi connectivity index (χ2v) is 6.10. The molecule has 0 amide bonds. The Balaban J connectivity index is 2.02. The average molecular weight is 205 g/mol. The summed E-state index contributed by atoms with van der Waals surface area (Å²) < 4.78 is 22.5. The van der Waals surface area contributed by atoms with Gasteiger partial charge in [-0.15, -0.1) is 0 Å². The lowest BCUT2D eigenvalue weighted by Gasteiger charge is -2.03. The van der Waals surface area contributed by atoms with Gasteiger partial charge in [0.05, 0.1) is 5.75 Å². The Bertz CT molecular complexity index is 232. The van der Waals surface area contributed by atoms with Crippen molar-refractivity contribution in [2.24, 2.45) is 5.92 Å². The van der Waals surface area contributed by atoms with Gasteiger partial charge in [-0.25, -0.2) is 8.42 Å². The minimum absolute atomic E-state index is 0.299. The zero-order valence-electron chi connectivity index (χ0n) is 8.25. The Labute approximate surface area is 80.8 Å². The molecule has 78 valence electrons. The summed E-state index contributed by atoms with van der Waals surface area (Å²) in [6.07, 6.45) is 3.36. The number of nitrogens with one attached hydrogen (secondary N) is 1. The lowest BCUT2D eigenvalue weighted by atomic mass is 10.4. The Hall–Kier alpha value is -0.0900. The molecule has 0 saturated heterocycles. The van der Waals surface area contributed by atoms with Gasteiger partial charge in [0.15, 0.2) is 9.84 Å². The van der Waals surface area contributed by atoms with Crippen molar-refractivity contribution in [2.75, 3.05) is 24.6 Å². The lowest BCUT2D eigenvalue weighted by Crippen LogP contribution is -2.25. The molecule has 0 radical (unpaired) electrons. The zero-order valence-corrected chi connectivity index (χ0v) is 9.07. The first-order chi connectivity index (χ1) is 6.14. The highest BCUT2D eigenvalue weighted by atomic mass is 32.2. The molecule has 0 atom stereocenters. The highest BCUT2D eigenvalue weighted by Gasteiger charge is 2.20. The average Bonchev–Trinajstić information content (AvgIpc) is 2.81. The van der Waals surface area contributed by atoms with Crippen molar-refractivity contribution in [3.63, 3.8) is 0 Å². The summed E-state index contributed by atoms with van der Waals surface area (Å²) in [6, 6.07) is 0. The lowest BCUT2D eigenvalue weighted by molar-refractivity contribution is 0.586. The molecule has 1 saturated carbocycles. The van der Waals surface area contributed by atoms with Crippen LogP contribution in [0.3, 0.4) is 0 Å². The van der Waals surface area contributed by atoms with Crippen LogP contribution in [0, 0.1) is 5.92 Å². The third kappa shape index (κ3) is 5.26. The normalized spacial score (nSPS) is 17.6. The summed E-state index contributed by atoms with van der Waals surface area (Å²) in [5, 5.41) is 3.18. The Morgan fingerprint density at radius 2 is 2.00 bits per heavy atom. The molecule has 0 aromatic carbocycles. The largest absolute Gasteiger partial charge is 0.315 e. The first-order valence-electron chi connectivity index (χ1n) is 5.05. The summed E-state index contributed by atoms with van der Waals surface area (Å²) in [4.78, 5) is 0. The van der Waals surface area contributed by atoms with Gasteiger partial charge in [-0.05, 0) is 31.7 Å². The van der Waals surface area contributed by atoms with Crippen molar-refractivity contribution >= 4 is 9.84 Å². The van der Waals surface area contributed by atoms with Crippen LogP contribution in [0.4, 0.5) is 0 Å². The minimum atomic E-state index is -2.77. The summed E-state index contributed by atoms with van der Waals surface area (Å²) in [7, 11) is -2.77. The molecule has 1 N–H and O–H groups in total. The molecular formula is C9H19NO2S. The quantitative estimate of drug-likeness (QED) is 0.626. The Morgan fingerprint density at radius 3 is 2.54 bits per heavy atom.